The third-order valence-electron chi connectivity index (χ3n) is 4.44. The molecule has 0 aliphatic heterocycles. The van der Waals surface area contributed by atoms with Crippen LogP contribution in [0.2, 0.25) is 0 Å². The molecular formula is C24H23F. The molecule has 0 radical (unpaired) electrons. The third-order valence-corrected chi connectivity index (χ3v) is 4.44. The molecule has 0 bridgehead atoms. The van der Waals surface area contributed by atoms with Gasteiger partial charge in [0.1, 0.15) is 5.82 Å². The van der Waals surface area contributed by atoms with E-state index in [2.05, 4.69) is 55.5 Å². The van der Waals surface area contributed by atoms with Crippen LogP contribution < -0.4 is 0 Å². The zero-order valence-electron chi connectivity index (χ0n) is 14.8. The van der Waals surface area contributed by atoms with Crippen molar-refractivity contribution in [2.75, 3.05) is 0 Å². The van der Waals surface area contributed by atoms with E-state index in [1.54, 1.807) is 6.07 Å². The molecule has 0 N–H and O–H groups in total. The smallest absolute Gasteiger partial charge is 0.127 e. The van der Waals surface area contributed by atoms with Gasteiger partial charge in [-0.1, -0.05) is 78.4 Å². The molecule has 0 amide bonds. The Morgan fingerprint density at radius 3 is 2.08 bits per heavy atom. The monoisotopic (exact) mass is 330 g/mol. The van der Waals surface area contributed by atoms with Gasteiger partial charge >= 0.3 is 0 Å². The quantitative estimate of drug-likeness (QED) is 0.468. The highest BCUT2D eigenvalue weighted by molar-refractivity contribution is 5.64. The second kappa shape index (κ2) is 7.94. The van der Waals surface area contributed by atoms with Gasteiger partial charge in [0.05, 0.1) is 0 Å². The molecule has 126 valence electrons. The second-order valence-corrected chi connectivity index (χ2v) is 6.44. The number of benzene rings is 3. The fourth-order valence-corrected chi connectivity index (χ4v) is 2.88. The Bertz CT molecular complexity index is 856. The first-order valence-electron chi connectivity index (χ1n) is 8.70. The van der Waals surface area contributed by atoms with E-state index in [1.165, 1.54) is 11.1 Å². The van der Waals surface area contributed by atoms with Gasteiger partial charge in [0, 0.05) is 6.42 Å². The van der Waals surface area contributed by atoms with Gasteiger partial charge in [-0.05, 0) is 54.2 Å². The van der Waals surface area contributed by atoms with Gasteiger partial charge in [-0.25, -0.2) is 4.39 Å². The van der Waals surface area contributed by atoms with E-state index < -0.39 is 0 Å². The Kier molecular flexibility index (Phi) is 5.45. The van der Waals surface area contributed by atoms with Crippen molar-refractivity contribution >= 4 is 0 Å². The molecule has 0 aliphatic rings. The zero-order chi connectivity index (χ0) is 17.6. The summed E-state index contributed by atoms with van der Waals surface area (Å²) in [5, 5.41) is 0. The Labute approximate surface area is 149 Å². The van der Waals surface area contributed by atoms with Crippen molar-refractivity contribution in [1.29, 1.82) is 0 Å². The number of allylic oxidation sites excluding steroid dienone is 2. The summed E-state index contributed by atoms with van der Waals surface area (Å²) >= 11 is 0. The van der Waals surface area contributed by atoms with Crippen LogP contribution in [0.25, 0.3) is 11.1 Å². The largest absolute Gasteiger partial charge is 0.207 e. The van der Waals surface area contributed by atoms with Crippen molar-refractivity contribution in [2.24, 2.45) is 0 Å². The molecule has 3 aromatic rings. The van der Waals surface area contributed by atoms with Crippen LogP contribution in [-0.2, 0) is 12.8 Å². The molecule has 0 aromatic heterocycles. The Hall–Kier alpha value is -2.67. The summed E-state index contributed by atoms with van der Waals surface area (Å²) in [7, 11) is 0. The molecule has 1 heteroatoms. The summed E-state index contributed by atoms with van der Waals surface area (Å²) in [6, 6.07) is 22.1. The summed E-state index contributed by atoms with van der Waals surface area (Å²) in [5.74, 6) is -0.143. The molecule has 25 heavy (non-hydrogen) atoms. The topological polar surface area (TPSA) is 0 Å². The van der Waals surface area contributed by atoms with Gasteiger partial charge in [-0.2, -0.15) is 0 Å². The summed E-state index contributed by atoms with van der Waals surface area (Å²) in [4.78, 5) is 0. The van der Waals surface area contributed by atoms with Crippen LogP contribution >= 0.6 is 0 Å². The normalized spacial score (nSPS) is 11.2. The Morgan fingerprint density at radius 1 is 0.800 bits per heavy atom. The van der Waals surface area contributed by atoms with Gasteiger partial charge in [0.2, 0.25) is 0 Å². The molecule has 0 aliphatic carbocycles. The van der Waals surface area contributed by atoms with E-state index in [-0.39, 0.29) is 5.82 Å². The predicted octanol–water partition coefficient (Wildman–Crippen LogP) is 6.51. The first-order valence-corrected chi connectivity index (χ1v) is 8.70. The first kappa shape index (κ1) is 17.2. The van der Waals surface area contributed by atoms with Gasteiger partial charge < -0.3 is 0 Å². The van der Waals surface area contributed by atoms with Crippen molar-refractivity contribution in [3.05, 3.63) is 107 Å². The zero-order valence-corrected chi connectivity index (χ0v) is 14.8. The maximum atomic E-state index is 14.5. The van der Waals surface area contributed by atoms with E-state index in [1.807, 2.05) is 31.2 Å². The fourth-order valence-electron chi connectivity index (χ4n) is 2.88. The molecule has 0 fully saturated rings. The number of aryl methyl sites for hydroxylation is 1. The van der Waals surface area contributed by atoms with Crippen molar-refractivity contribution in [2.45, 2.75) is 26.7 Å². The van der Waals surface area contributed by atoms with E-state index >= 15 is 0 Å². The highest BCUT2D eigenvalue weighted by atomic mass is 19.1. The number of hydrogen-bond donors (Lipinski definition) is 0. The number of hydrogen-bond acceptors (Lipinski definition) is 0. The second-order valence-electron chi connectivity index (χ2n) is 6.44. The average molecular weight is 330 g/mol. The summed E-state index contributed by atoms with van der Waals surface area (Å²) in [5.41, 5.74) is 6.31. The number of halogens is 1. The van der Waals surface area contributed by atoms with E-state index in [0.29, 0.717) is 6.42 Å². The van der Waals surface area contributed by atoms with Gasteiger partial charge in [0.15, 0.2) is 0 Å². The molecule has 0 saturated carbocycles. The van der Waals surface area contributed by atoms with Crippen LogP contribution in [0.3, 0.4) is 0 Å². The molecule has 0 atom stereocenters. The van der Waals surface area contributed by atoms with Gasteiger partial charge in [-0.3, -0.25) is 0 Å². The van der Waals surface area contributed by atoms with Gasteiger partial charge in [-0.15, -0.1) is 0 Å². The minimum atomic E-state index is -0.143. The summed E-state index contributed by atoms with van der Waals surface area (Å²) in [6.07, 6.45) is 5.75. The van der Waals surface area contributed by atoms with Crippen LogP contribution in [0.4, 0.5) is 4.39 Å². The lowest BCUT2D eigenvalue weighted by atomic mass is 9.98. The molecular weight excluding hydrogens is 307 g/mol. The lowest BCUT2D eigenvalue weighted by Crippen LogP contribution is -1.94. The minimum Gasteiger partial charge on any atom is -0.207 e. The summed E-state index contributed by atoms with van der Waals surface area (Å²) < 4.78 is 14.5. The Morgan fingerprint density at radius 2 is 1.44 bits per heavy atom. The molecule has 0 saturated heterocycles. The minimum absolute atomic E-state index is 0.143. The molecule has 0 unspecified atom stereocenters. The van der Waals surface area contributed by atoms with E-state index in [0.717, 1.165) is 28.7 Å². The molecule has 3 aromatic carbocycles. The molecule has 0 heterocycles. The van der Waals surface area contributed by atoms with Crippen molar-refractivity contribution in [3.63, 3.8) is 0 Å². The highest BCUT2D eigenvalue weighted by Crippen LogP contribution is 2.24. The standard InChI is InChI=1S/C24H23F/c1-3-4-5-19-8-10-20(11-9-19)16-23-15-14-22(17-24(23)25)21-12-6-18(2)7-13-21/h3-4,6-15,17H,5,16H2,1-2H3. The molecule has 0 spiro atoms. The average Bonchev–Trinajstić information content (AvgIpc) is 2.63. The number of rotatable bonds is 5. The van der Waals surface area contributed by atoms with E-state index in [4.69, 9.17) is 0 Å². The molecule has 0 nitrogen and oxygen atoms in total. The van der Waals surface area contributed by atoms with Crippen LogP contribution in [-0.4, -0.2) is 0 Å². The third kappa shape index (κ3) is 4.45. The van der Waals surface area contributed by atoms with Crippen LogP contribution in [0.1, 0.15) is 29.2 Å². The van der Waals surface area contributed by atoms with Crippen molar-refractivity contribution in [1.82, 2.24) is 0 Å². The maximum Gasteiger partial charge on any atom is 0.127 e. The fraction of sp³-hybridized carbons (Fsp3) is 0.167. The van der Waals surface area contributed by atoms with Crippen LogP contribution in [0.15, 0.2) is 78.9 Å². The predicted molar refractivity (Wildman–Crippen MR) is 104 cm³/mol. The van der Waals surface area contributed by atoms with Crippen molar-refractivity contribution < 1.29 is 4.39 Å². The summed E-state index contributed by atoms with van der Waals surface area (Å²) in [6.45, 7) is 4.08. The SMILES string of the molecule is CC=CCc1ccc(Cc2ccc(-c3ccc(C)cc3)cc2F)cc1. The highest BCUT2D eigenvalue weighted by Gasteiger charge is 2.06. The first-order chi connectivity index (χ1) is 12.2. The maximum absolute atomic E-state index is 14.5. The molecule has 3 rings (SSSR count). The van der Waals surface area contributed by atoms with E-state index in [9.17, 15) is 4.39 Å². The lowest BCUT2D eigenvalue weighted by Gasteiger charge is -2.08. The van der Waals surface area contributed by atoms with Crippen LogP contribution in [0.5, 0.6) is 0 Å². The Balaban J connectivity index is 1.76. The lowest BCUT2D eigenvalue weighted by molar-refractivity contribution is 0.614. The van der Waals surface area contributed by atoms with Crippen LogP contribution in [0, 0.1) is 12.7 Å². The van der Waals surface area contributed by atoms with Gasteiger partial charge in [0.25, 0.3) is 0 Å². The van der Waals surface area contributed by atoms with Crippen molar-refractivity contribution in [3.8, 4) is 11.1 Å².